The zero-order valence-electron chi connectivity index (χ0n) is 17.1. The first-order valence-electron chi connectivity index (χ1n) is 10.4. The van der Waals surface area contributed by atoms with Gasteiger partial charge < -0.3 is 9.97 Å². The minimum Gasteiger partial charge on any atom is -0.342 e. The molecular formula is C26H22N4. The molecule has 2 N–H and O–H groups in total. The van der Waals surface area contributed by atoms with Crippen LogP contribution in [0.5, 0.6) is 0 Å². The lowest BCUT2D eigenvalue weighted by molar-refractivity contribution is 0.844. The van der Waals surface area contributed by atoms with E-state index >= 15 is 0 Å². The number of rotatable bonds is 3. The Labute approximate surface area is 174 Å². The number of benzene rings is 4. The van der Waals surface area contributed by atoms with Gasteiger partial charge in [0.2, 0.25) is 0 Å². The summed E-state index contributed by atoms with van der Waals surface area (Å²) in [7, 11) is 0. The Morgan fingerprint density at radius 1 is 0.567 bits per heavy atom. The van der Waals surface area contributed by atoms with Gasteiger partial charge in [-0.25, -0.2) is 9.97 Å². The highest BCUT2D eigenvalue weighted by Gasteiger charge is 2.09. The van der Waals surface area contributed by atoms with Crippen molar-refractivity contribution >= 4 is 43.6 Å². The van der Waals surface area contributed by atoms with Crippen molar-refractivity contribution in [2.75, 3.05) is 0 Å². The lowest BCUT2D eigenvalue weighted by Crippen LogP contribution is -1.95. The lowest BCUT2D eigenvalue weighted by atomic mass is 10.1. The maximum absolute atomic E-state index is 4.81. The van der Waals surface area contributed by atoms with Gasteiger partial charge in [-0.05, 0) is 59.7 Å². The van der Waals surface area contributed by atoms with E-state index in [2.05, 4.69) is 84.5 Å². The number of aromatic amines is 2. The second-order valence-electron chi connectivity index (χ2n) is 8.31. The molecule has 0 bridgehead atoms. The predicted octanol–water partition coefficient (Wildman–Crippen LogP) is 6.15. The summed E-state index contributed by atoms with van der Waals surface area (Å²) in [5.74, 6) is 2.00. The molecule has 0 saturated heterocycles. The summed E-state index contributed by atoms with van der Waals surface area (Å²) in [5.41, 5.74) is 6.77. The van der Waals surface area contributed by atoms with Crippen LogP contribution in [0.2, 0.25) is 0 Å². The minimum atomic E-state index is 0.822. The number of nitrogens with one attached hydrogen (secondary N) is 2. The minimum absolute atomic E-state index is 0.822. The van der Waals surface area contributed by atoms with Crippen LogP contribution < -0.4 is 0 Å². The van der Waals surface area contributed by atoms with E-state index in [-0.39, 0.29) is 0 Å². The molecule has 0 atom stereocenters. The molecule has 0 aliphatic heterocycles. The quantitative estimate of drug-likeness (QED) is 0.381. The van der Waals surface area contributed by atoms with E-state index in [1.54, 1.807) is 0 Å². The Hall–Kier alpha value is -3.66. The van der Waals surface area contributed by atoms with Crippen LogP contribution in [0.1, 0.15) is 22.8 Å². The maximum atomic E-state index is 4.81. The molecule has 4 nitrogen and oxygen atoms in total. The summed E-state index contributed by atoms with van der Waals surface area (Å²) < 4.78 is 0. The fourth-order valence-corrected chi connectivity index (χ4v) is 4.33. The summed E-state index contributed by atoms with van der Waals surface area (Å²) in [6, 6.07) is 21.8. The molecule has 0 spiro atoms. The molecule has 0 saturated carbocycles. The Bertz CT molecular complexity index is 1450. The Morgan fingerprint density at radius 3 is 1.50 bits per heavy atom. The van der Waals surface area contributed by atoms with Gasteiger partial charge in [0, 0.05) is 12.8 Å². The van der Waals surface area contributed by atoms with Crippen LogP contribution in [-0.4, -0.2) is 19.9 Å². The monoisotopic (exact) mass is 390 g/mol. The van der Waals surface area contributed by atoms with E-state index in [4.69, 9.17) is 9.97 Å². The van der Waals surface area contributed by atoms with E-state index in [1.165, 1.54) is 32.7 Å². The molecule has 2 aromatic heterocycles. The van der Waals surface area contributed by atoms with Gasteiger partial charge in [-0.2, -0.15) is 0 Å². The average Bonchev–Trinajstić information content (AvgIpc) is 3.31. The molecular weight excluding hydrogens is 368 g/mol. The normalized spacial score (nSPS) is 11.9. The maximum Gasteiger partial charge on any atom is 0.107 e. The number of H-pyrrole nitrogens is 2. The molecule has 0 unspecified atom stereocenters. The molecule has 6 rings (SSSR count). The van der Waals surface area contributed by atoms with Crippen molar-refractivity contribution in [2.45, 2.75) is 26.7 Å². The van der Waals surface area contributed by atoms with Crippen LogP contribution in [0, 0.1) is 13.8 Å². The number of hydrogen-bond donors (Lipinski definition) is 2. The molecule has 4 heteroatoms. The van der Waals surface area contributed by atoms with Crippen LogP contribution in [0.25, 0.3) is 43.6 Å². The van der Waals surface area contributed by atoms with Gasteiger partial charge in [0.05, 0.1) is 22.1 Å². The molecule has 30 heavy (non-hydrogen) atoms. The second-order valence-corrected chi connectivity index (χ2v) is 8.31. The summed E-state index contributed by atoms with van der Waals surface area (Å²) in [6.07, 6.45) is 1.64. The summed E-state index contributed by atoms with van der Waals surface area (Å²) in [4.78, 5) is 16.6. The highest BCUT2D eigenvalue weighted by atomic mass is 14.9. The average molecular weight is 390 g/mol. The van der Waals surface area contributed by atoms with Gasteiger partial charge in [-0.15, -0.1) is 0 Å². The van der Waals surface area contributed by atoms with Gasteiger partial charge in [-0.1, -0.05) is 47.5 Å². The molecule has 0 radical (unpaired) electrons. The third kappa shape index (κ3) is 2.92. The van der Waals surface area contributed by atoms with Gasteiger partial charge in [0.1, 0.15) is 11.6 Å². The number of fused-ring (bicyclic) bond motifs is 4. The summed E-state index contributed by atoms with van der Waals surface area (Å²) >= 11 is 0. The first-order chi connectivity index (χ1) is 14.6. The number of nitrogens with zero attached hydrogens (tertiary/aromatic N) is 2. The van der Waals surface area contributed by atoms with Crippen molar-refractivity contribution in [1.82, 2.24) is 19.9 Å². The topological polar surface area (TPSA) is 57.4 Å². The molecule has 4 aromatic carbocycles. The van der Waals surface area contributed by atoms with Crippen LogP contribution in [0.4, 0.5) is 0 Å². The van der Waals surface area contributed by atoms with Crippen molar-refractivity contribution < 1.29 is 0 Å². The summed E-state index contributed by atoms with van der Waals surface area (Å²) in [6.45, 7) is 4.25. The highest BCUT2D eigenvalue weighted by molar-refractivity contribution is 5.96. The van der Waals surface area contributed by atoms with Crippen LogP contribution in [0.3, 0.4) is 0 Å². The number of aryl methyl sites for hydroxylation is 4. The first-order valence-corrected chi connectivity index (χ1v) is 10.4. The van der Waals surface area contributed by atoms with Crippen molar-refractivity contribution in [3.05, 3.63) is 83.4 Å². The SMILES string of the molecule is Cc1ccc2cc3nc(CCc4nc5cc6ccc(C)cc6cc5[nH]4)[nH]c3cc2c1. The number of imidazole rings is 2. The first kappa shape index (κ1) is 17.2. The second kappa shape index (κ2) is 6.42. The molecule has 0 fully saturated rings. The van der Waals surface area contributed by atoms with Crippen LogP contribution >= 0.6 is 0 Å². The van der Waals surface area contributed by atoms with Gasteiger partial charge in [-0.3, -0.25) is 0 Å². The van der Waals surface area contributed by atoms with Crippen molar-refractivity contribution in [2.24, 2.45) is 0 Å². The summed E-state index contributed by atoms with van der Waals surface area (Å²) in [5, 5.41) is 4.95. The van der Waals surface area contributed by atoms with Crippen molar-refractivity contribution in [3.8, 4) is 0 Å². The third-order valence-corrected chi connectivity index (χ3v) is 5.89. The lowest BCUT2D eigenvalue weighted by Gasteiger charge is -1.99. The number of hydrogen-bond acceptors (Lipinski definition) is 2. The molecule has 0 amide bonds. The van der Waals surface area contributed by atoms with Gasteiger partial charge >= 0.3 is 0 Å². The molecule has 2 heterocycles. The van der Waals surface area contributed by atoms with E-state index in [9.17, 15) is 0 Å². The fourth-order valence-electron chi connectivity index (χ4n) is 4.33. The molecule has 0 aliphatic rings. The highest BCUT2D eigenvalue weighted by Crippen LogP contribution is 2.24. The van der Waals surface area contributed by atoms with Crippen molar-refractivity contribution in [3.63, 3.8) is 0 Å². The third-order valence-electron chi connectivity index (χ3n) is 5.89. The van der Waals surface area contributed by atoms with E-state index in [0.717, 1.165) is 46.6 Å². The van der Waals surface area contributed by atoms with Gasteiger partial charge in [0.15, 0.2) is 0 Å². The smallest absolute Gasteiger partial charge is 0.107 e. The molecule has 0 aliphatic carbocycles. The van der Waals surface area contributed by atoms with E-state index in [0.29, 0.717) is 0 Å². The predicted molar refractivity (Wildman–Crippen MR) is 124 cm³/mol. The van der Waals surface area contributed by atoms with Gasteiger partial charge in [0.25, 0.3) is 0 Å². The Morgan fingerprint density at radius 2 is 1.03 bits per heavy atom. The Balaban J connectivity index is 1.30. The van der Waals surface area contributed by atoms with Crippen LogP contribution in [0.15, 0.2) is 60.7 Å². The van der Waals surface area contributed by atoms with Crippen LogP contribution in [-0.2, 0) is 12.8 Å². The fraction of sp³-hybridized carbons (Fsp3) is 0.154. The molecule has 146 valence electrons. The molecule has 6 aromatic rings. The zero-order chi connectivity index (χ0) is 20.2. The van der Waals surface area contributed by atoms with E-state index in [1.807, 2.05) is 0 Å². The van der Waals surface area contributed by atoms with Crippen molar-refractivity contribution in [1.29, 1.82) is 0 Å². The van der Waals surface area contributed by atoms with E-state index < -0.39 is 0 Å². The number of aromatic nitrogens is 4. The zero-order valence-corrected chi connectivity index (χ0v) is 17.1. The largest absolute Gasteiger partial charge is 0.342 e. The standard InChI is InChI=1S/C26H22N4/c1-15-3-5-17-11-21-23(13-19(17)9-15)29-25(27-21)7-8-26-28-22-12-18-6-4-16(2)10-20(18)14-24(22)30-26/h3-6,9-14H,7-8H2,1-2H3,(H,27,29)(H,28,30). The Kier molecular flexibility index (Phi) is 3.69.